The van der Waals surface area contributed by atoms with E-state index in [9.17, 15) is 5.11 Å². The van der Waals surface area contributed by atoms with E-state index >= 15 is 0 Å². The molecule has 0 saturated heterocycles. The van der Waals surface area contributed by atoms with E-state index in [1.807, 2.05) is 31.2 Å². The molecule has 6 nitrogen and oxygen atoms in total. The van der Waals surface area contributed by atoms with Gasteiger partial charge in [0.25, 0.3) is 5.78 Å². The Balaban J connectivity index is 2.04. The van der Waals surface area contributed by atoms with Crippen LogP contribution >= 0.6 is 0 Å². The van der Waals surface area contributed by atoms with Crippen LogP contribution in [0.3, 0.4) is 0 Å². The van der Waals surface area contributed by atoms with E-state index in [2.05, 4.69) is 39.0 Å². The van der Waals surface area contributed by atoms with Crippen molar-refractivity contribution < 1.29 is 5.11 Å². The summed E-state index contributed by atoms with van der Waals surface area (Å²) in [4.78, 5) is 10.8. The third-order valence-electron chi connectivity index (χ3n) is 3.93. The predicted molar refractivity (Wildman–Crippen MR) is 89.3 cm³/mol. The zero-order valence-corrected chi connectivity index (χ0v) is 13.4. The topological polar surface area (TPSA) is 66.5 Å². The van der Waals surface area contributed by atoms with Gasteiger partial charge in [0.05, 0.1) is 0 Å². The van der Waals surface area contributed by atoms with Crippen molar-refractivity contribution in [1.82, 2.24) is 19.6 Å². The van der Waals surface area contributed by atoms with Gasteiger partial charge in [0.1, 0.15) is 12.1 Å². The molecule has 1 atom stereocenters. The molecule has 1 unspecified atom stereocenters. The number of anilines is 1. The number of benzene rings is 1. The highest BCUT2D eigenvalue weighted by Crippen LogP contribution is 2.22. The van der Waals surface area contributed by atoms with Crippen LogP contribution in [0.2, 0.25) is 0 Å². The maximum Gasteiger partial charge on any atom is 0.254 e. The molecule has 0 fully saturated rings. The second kappa shape index (κ2) is 6.75. The molecule has 0 spiro atoms. The van der Waals surface area contributed by atoms with Crippen LogP contribution in [0.25, 0.3) is 5.78 Å². The molecule has 3 aromatic rings. The molecule has 0 saturated carbocycles. The Kier molecular flexibility index (Phi) is 4.52. The zero-order chi connectivity index (χ0) is 16.2. The fourth-order valence-electron chi connectivity index (χ4n) is 2.70. The predicted octanol–water partition coefficient (Wildman–Crippen LogP) is 2.21. The van der Waals surface area contributed by atoms with Crippen LogP contribution in [-0.4, -0.2) is 37.3 Å². The second-order valence-electron chi connectivity index (χ2n) is 5.70. The van der Waals surface area contributed by atoms with Crippen molar-refractivity contribution in [3.05, 3.63) is 54.0 Å². The Morgan fingerprint density at radius 3 is 2.78 bits per heavy atom. The van der Waals surface area contributed by atoms with E-state index in [1.54, 1.807) is 4.52 Å². The maximum absolute atomic E-state index is 9.35. The summed E-state index contributed by atoms with van der Waals surface area (Å²) in [6.45, 7) is 4.95. The number of hydrogen-bond donors (Lipinski definition) is 1. The molecule has 0 aliphatic heterocycles. The van der Waals surface area contributed by atoms with Crippen molar-refractivity contribution in [1.29, 1.82) is 0 Å². The van der Waals surface area contributed by atoms with Crippen molar-refractivity contribution in [2.24, 2.45) is 0 Å². The largest absolute Gasteiger partial charge is 0.396 e. The number of hydrogen-bond acceptors (Lipinski definition) is 5. The summed E-state index contributed by atoms with van der Waals surface area (Å²) < 4.78 is 1.75. The van der Waals surface area contributed by atoms with Crippen LogP contribution in [0.1, 0.15) is 24.6 Å². The molecule has 120 valence electrons. The van der Waals surface area contributed by atoms with Gasteiger partial charge in [-0.15, -0.1) is 0 Å². The van der Waals surface area contributed by atoms with Gasteiger partial charge in [-0.2, -0.15) is 14.6 Å². The molecule has 0 aliphatic rings. The van der Waals surface area contributed by atoms with Gasteiger partial charge < -0.3 is 10.0 Å². The molecule has 0 amide bonds. The first-order valence-electron chi connectivity index (χ1n) is 7.78. The molecule has 1 N–H and O–H groups in total. The van der Waals surface area contributed by atoms with E-state index in [1.165, 1.54) is 11.9 Å². The van der Waals surface area contributed by atoms with Crippen molar-refractivity contribution in [2.75, 3.05) is 11.5 Å². The van der Waals surface area contributed by atoms with Crippen molar-refractivity contribution in [3.63, 3.8) is 0 Å². The number of aliphatic hydroxyl groups is 1. The lowest BCUT2D eigenvalue weighted by molar-refractivity contribution is 0.275. The van der Waals surface area contributed by atoms with Crippen LogP contribution in [-0.2, 0) is 6.54 Å². The number of aryl methyl sites for hydroxylation is 1. The Morgan fingerprint density at radius 1 is 1.26 bits per heavy atom. The quantitative estimate of drug-likeness (QED) is 0.756. The molecule has 2 heterocycles. The fourth-order valence-corrected chi connectivity index (χ4v) is 2.70. The summed E-state index contributed by atoms with van der Waals surface area (Å²) in [5, 5.41) is 13.7. The number of rotatable bonds is 6. The molecular weight excluding hydrogens is 290 g/mol. The molecule has 1 aromatic carbocycles. The normalized spacial score (nSPS) is 12.5. The molecule has 3 rings (SSSR count). The zero-order valence-electron chi connectivity index (χ0n) is 13.4. The average molecular weight is 311 g/mol. The van der Waals surface area contributed by atoms with Crippen LogP contribution in [0, 0.1) is 6.92 Å². The second-order valence-corrected chi connectivity index (χ2v) is 5.70. The van der Waals surface area contributed by atoms with Crippen molar-refractivity contribution in [3.8, 4) is 0 Å². The fraction of sp³-hybridized carbons (Fsp3) is 0.353. The Hall–Kier alpha value is -2.47. The number of aliphatic hydroxyl groups excluding tert-OH is 1. The van der Waals surface area contributed by atoms with Crippen LogP contribution < -0.4 is 4.90 Å². The number of fused-ring (bicyclic) bond motifs is 1. The molecule has 0 bridgehead atoms. The smallest absolute Gasteiger partial charge is 0.254 e. The highest BCUT2D eigenvalue weighted by molar-refractivity contribution is 5.48. The van der Waals surface area contributed by atoms with E-state index in [0.717, 1.165) is 18.1 Å². The lowest BCUT2D eigenvalue weighted by Crippen LogP contribution is -2.35. The lowest BCUT2D eigenvalue weighted by Gasteiger charge is -2.31. The summed E-state index contributed by atoms with van der Waals surface area (Å²) in [6, 6.07) is 12.5. The third-order valence-corrected chi connectivity index (χ3v) is 3.93. The summed E-state index contributed by atoms with van der Waals surface area (Å²) in [7, 11) is 0. The van der Waals surface area contributed by atoms with Crippen LogP contribution in [0.15, 0.2) is 42.7 Å². The van der Waals surface area contributed by atoms with Crippen molar-refractivity contribution >= 4 is 11.6 Å². The van der Waals surface area contributed by atoms with Gasteiger partial charge in [-0.3, -0.25) is 0 Å². The molecule has 6 heteroatoms. The first-order chi connectivity index (χ1) is 11.2. The third kappa shape index (κ3) is 3.32. The molecule has 0 aliphatic carbocycles. The molecular formula is C17H21N5O. The Bertz CT molecular complexity index is 771. The standard InChI is InChI=1S/C17H21N5O/c1-13-10-16(22-17(20-13)18-12-19-22)21(14(2)8-9-23)11-15-6-4-3-5-7-15/h3-7,10,12,14,23H,8-9,11H2,1-2H3. The summed E-state index contributed by atoms with van der Waals surface area (Å²) in [5.41, 5.74) is 2.11. The molecule has 23 heavy (non-hydrogen) atoms. The maximum atomic E-state index is 9.35. The highest BCUT2D eigenvalue weighted by atomic mass is 16.3. The minimum Gasteiger partial charge on any atom is -0.396 e. The van der Waals surface area contributed by atoms with Crippen molar-refractivity contribution in [2.45, 2.75) is 32.9 Å². The Labute approximate surface area is 135 Å². The molecule has 2 aromatic heterocycles. The summed E-state index contributed by atoms with van der Waals surface area (Å²) >= 11 is 0. The number of aromatic nitrogens is 4. The minimum absolute atomic E-state index is 0.150. The first kappa shape index (κ1) is 15.4. The van der Waals surface area contributed by atoms with E-state index in [0.29, 0.717) is 12.2 Å². The van der Waals surface area contributed by atoms with Gasteiger partial charge in [0.15, 0.2) is 0 Å². The van der Waals surface area contributed by atoms with Gasteiger partial charge in [-0.05, 0) is 25.8 Å². The first-order valence-corrected chi connectivity index (χ1v) is 7.78. The highest BCUT2D eigenvalue weighted by Gasteiger charge is 2.19. The van der Waals surface area contributed by atoms with Gasteiger partial charge in [0.2, 0.25) is 0 Å². The number of nitrogens with zero attached hydrogens (tertiary/aromatic N) is 5. The average Bonchev–Trinajstić information content (AvgIpc) is 3.01. The van der Waals surface area contributed by atoms with Crippen LogP contribution in [0.5, 0.6) is 0 Å². The lowest BCUT2D eigenvalue weighted by atomic mass is 10.1. The Morgan fingerprint density at radius 2 is 2.04 bits per heavy atom. The SMILES string of the molecule is Cc1cc(N(Cc2ccccc2)C(C)CCO)n2ncnc2n1. The minimum atomic E-state index is 0.150. The van der Waals surface area contributed by atoms with Gasteiger partial charge >= 0.3 is 0 Å². The van der Waals surface area contributed by atoms with Crippen LogP contribution in [0.4, 0.5) is 5.82 Å². The molecule has 0 radical (unpaired) electrons. The van der Waals surface area contributed by atoms with E-state index < -0.39 is 0 Å². The monoisotopic (exact) mass is 311 g/mol. The summed E-state index contributed by atoms with van der Waals surface area (Å²) in [6.07, 6.45) is 2.20. The van der Waals surface area contributed by atoms with E-state index in [4.69, 9.17) is 0 Å². The van der Waals surface area contributed by atoms with Gasteiger partial charge in [-0.25, -0.2) is 4.98 Å². The van der Waals surface area contributed by atoms with Gasteiger partial charge in [-0.1, -0.05) is 30.3 Å². The van der Waals surface area contributed by atoms with Gasteiger partial charge in [0, 0.05) is 31.0 Å². The summed E-state index contributed by atoms with van der Waals surface area (Å²) in [5.74, 6) is 1.53. The van der Waals surface area contributed by atoms with E-state index in [-0.39, 0.29) is 12.6 Å².